The van der Waals surface area contributed by atoms with Gasteiger partial charge in [-0.15, -0.1) is 0 Å². The van der Waals surface area contributed by atoms with Gasteiger partial charge < -0.3 is 23.5 Å². The van der Waals surface area contributed by atoms with Crippen molar-refractivity contribution in [3.05, 3.63) is 81.6 Å². The number of benzene rings is 2. The molecule has 0 spiro atoms. The number of esters is 1. The highest BCUT2D eigenvalue weighted by molar-refractivity contribution is 6.30. The minimum atomic E-state index is -0.571. The normalized spacial score (nSPS) is 16.6. The standard InChI is InChI=1S/C27H28ClNO5/c1-16(2)11-17-12-22-24(14-25(30)32-4)34-26(19-7-6-8-23(31-3)27(19)33-5)20-13-18(28)9-10-21(20)29(22)15-17/h6-13,15,24,26H,14H2,1-5H3. The van der Waals surface area contributed by atoms with Gasteiger partial charge in [0, 0.05) is 22.3 Å². The second-order valence-electron chi connectivity index (χ2n) is 8.36. The molecular weight excluding hydrogens is 454 g/mol. The second-order valence-corrected chi connectivity index (χ2v) is 8.80. The van der Waals surface area contributed by atoms with Crippen LogP contribution in [0.1, 0.15) is 54.9 Å². The van der Waals surface area contributed by atoms with Crippen LogP contribution < -0.4 is 9.47 Å². The van der Waals surface area contributed by atoms with Crippen LogP contribution in [0, 0.1) is 0 Å². The highest BCUT2D eigenvalue weighted by Crippen LogP contribution is 2.46. The Hall–Kier alpha value is -3.22. The molecule has 0 bridgehead atoms. The number of aromatic nitrogens is 1. The lowest BCUT2D eigenvalue weighted by molar-refractivity contribution is -0.145. The first-order valence-corrected chi connectivity index (χ1v) is 11.3. The zero-order valence-electron chi connectivity index (χ0n) is 19.9. The minimum Gasteiger partial charge on any atom is -0.493 e. The van der Waals surface area contributed by atoms with Gasteiger partial charge in [0.1, 0.15) is 12.2 Å². The molecule has 34 heavy (non-hydrogen) atoms. The van der Waals surface area contributed by atoms with Crippen LogP contribution in [0.2, 0.25) is 5.02 Å². The van der Waals surface area contributed by atoms with Crippen molar-refractivity contribution in [1.82, 2.24) is 4.57 Å². The third kappa shape index (κ3) is 4.56. The van der Waals surface area contributed by atoms with Crippen molar-refractivity contribution in [2.45, 2.75) is 32.5 Å². The molecule has 2 aromatic carbocycles. The molecule has 6 nitrogen and oxygen atoms in total. The van der Waals surface area contributed by atoms with Gasteiger partial charge in [0.25, 0.3) is 0 Å². The van der Waals surface area contributed by atoms with Gasteiger partial charge in [0.2, 0.25) is 0 Å². The quantitative estimate of drug-likeness (QED) is 0.387. The van der Waals surface area contributed by atoms with E-state index in [1.165, 1.54) is 12.7 Å². The van der Waals surface area contributed by atoms with E-state index < -0.39 is 12.2 Å². The molecule has 2 atom stereocenters. The molecule has 178 valence electrons. The minimum absolute atomic E-state index is 0.0548. The van der Waals surface area contributed by atoms with Crippen molar-refractivity contribution >= 4 is 23.6 Å². The second kappa shape index (κ2) is 9.95. The Morgan fingerprint density at radius 1 is 1.09 bits per heavy atom. The third-order valence-electron chi connectivity index (χ3n) is 5.78. The molecule has 0 N–H and O–H groups in total. The van der Waals surface area contributed by atoms with Crippen molar-refractivity contribution in [2.24, 2.45) is 0 Å². The lowest BCUT2D eigenvalue weighted by Gasteiger charge is -2.25. The zero-order chi connectivity index (χ0) is 24.4. The lowest BCUT2D eigenvalue weighted by atomic mass is 9.98. The Labute approximate surface area is 204 Å². The molecule has 0 radical (unpaired) electrons. The number of nitrogens with zero attached hydrogens (tertiary/aromatic N) is 1. The Morgan fingerprint density at radius 3 is 2.56 bits per heavy atom. The summed E-state index contributed by atoms with van der Waals surface area (Å²) in [6, 6.07) is 13.4. The number of hydrogen-bond donors (Lipinski definition) is 0. The van der Waals surface area contributed by atoms with Gasteiger partial charge in [-0.25, -0.2) is 0 Å². The topological polar surface area (TPSA) is 58.9 Å². The maximum Gasteiger partial charge on any atom is 0.308 e. The summed E-state index contributed by atoms with van der Waals surface area (Å²) >= 11 is 6.45. The number of halogens is 1. The van der Waals surface area contributed by atoms with E-state index in [9.17, 15) is 4.79 Å². The molecule has 0 saturated carbocycles. The predicted molar refractivity (Wildman–Crippen MR) is 132 cm³/mol. The summed E-state index contributed by atoms with van der Waals surface area (Å²) in [5, 5.41) is 0.582. The first-order valence-electron chi connectivity index (χ1n) is 11.0. The highest BCUT2D eigenvalue weighted by atomic mass is 35.5. The van der Waals surface area contributed by atoms with Crippen molar-refractivity contribution in [3.63, 3.8) is 0 Å². The number of rotatable bonds is 6. The van der Waals surface area contributed by atoms with E-state index in [1.807, 2.05) is 62.5 Å². The van der Waals surface area contributed by atoms with Gasteiger partial charge in [-0.1, -0.05) is 35.4 Å². The maximum atomic E-state index is 12.4. The van der Waals surface area contributed by atoms with E-state index in [0.29, 0.717) is 16.5 Å². The van der Waals surface area contributed by atoms with Crippen LogP contribution >= 0.6 is 11.6 Å². The van der Waals surface area contributed by atoms with Gasteiger partial charge in [-0.2, -0.15) is 0 Å². The fourth-order valence-corrected chi connectivity index (χ4v) is 4.56. The first-order chi connectivity index (χ1) is 16.4. The smallest absolute Gasteiger partial charge is 0.308 e. The SMILES string of the molecule is COC(=O)CC1OC(c2cccc(OC)c2OC)c2cc(Cl)ccc2-n2cc(C=C(C)C)cc21. The highest BCUT2D eigenvalue weighted by Gasteiger charge is 2.34. The largest absolute Gasteiger partial charge is 0.493 e. The average molecular weight is 482 g/mol. The number of fused-ring (bicyclic) bond motifs is 3. The molecule has 7 heteroatoms. The Kier molecular flexibility index (Phi) is 7.00. The fourth-order valence-electron chi connectivity index (χ4n) is 4.38. The van der Waals surface area contributed by atoms with Crippen molar-refractivity contribution in [1.29, 1.82) is 0 Å². The molecule has 2 unspecified atom stereocenters. The van der Waals surface area contributed by atoms with Crippen LogP contribution in [0.3, 0.4) is 0 Å². The molecular formula is C27H28ClNO5. The van der Waals surface area contributed by atoms with Crippen LogP contribution in [0.4, 0.5) is 0 Å². The van der Waals surface area contributed by atoms with Crippen LogP contribution in [0.5, 0.6) is 11.5 Å². The van der Waals surface area contributed by atoms with Gasteiger partial charge in [0.05, 0.1) is 39.1 Å². The molecule has 1 aromatic heterocycles. The van der Waals surface area contributed by atoms with E-state index in [4.69, 9.17) is 30.5 Å². The Bertz CT molecular complexity index is 1240. The van der Waals surface area contributed by atoms with E-state index in [0.717, 1.165) is 28.1 Å². The van der Waals surface area contributed by atoms with Crippen LogP contribution in [-0.2, 0) is 14.3 Å². The lowest BCUT2D eigenvalue weighted by Crippen LogP contribution is -2.16. The van der Waals surface area contributed by atoms with Crippen LogP contribution in [0.25, 0.3) is 11.8 Å². The van der Waals surface area contributed by atoms with Crippen molar-refractivity contribution < 1.29 is 23.7 Å². The summed E-state index contributed by atoms with van der Waals surface area (Å²) in [6.45, 7) is 4.09. The number of hydrogen-bond acceptors (Lipinski definition) is 5. The van der Waals surface area contributed by atoms with Gasteiger partial charge in [-0.05, 0) is 49.7 Å². The molecule has 0 aliphatic carbocycles. The number of para-hydroxylation sites is 1. The monoisotopic (exact) mass is 481 g/mol. The molecule has 0 fully saturated rings. The van der Waals surface area contributed by atoms with Gasteiger partial charge in [0.15, 0.2) is 11.5 Å². The average Bonchev–Trinajstić information content (AvgIpc) is 3.18. The van der Waals surface area contributed by atoms with E-state index in [-0.39, 0.29) is 12.4 Å². The number of allylic oxidation sites excluding steroid dienone is 1. The Morgan fingerprint density at radius 2 is 1.88 bits per heavy atom. The summed E-state index contributed by atoms with van der Waals surface area (Å²) < 4.78 is 25.0. The zero-order valence-corrected chi connectivity index (χ0v) is 20.7. The molecule has 1 aliphatic heterocycles. The van der Waals surface area contributed by atoms with E-state index >= 15 is 0 Å². The van der Waals surface area contributed by atoms with Gasteiger partial charge >= 0.3 is 5.97 Å². The van der Waals surface area contributed by atoms with E-state index in [1.54, 1.807) is 14.2 Å². The maximum absolute atomic E-state index is 12.4. The molecule has 4 rings (SSSR count). The predicted octanol–water partition coefficient (Wildman–Crippen LogP) is 6.29. The molecule has 0 saturated heterocycles. The van der Waals surface area contributed by atoms with Crippen LogP contribution in [-0.4, -0.2) is 31.9 Å². The summed E-state index contributed by atoms with van der Waals surface area (Å²) in [4.78, 5) is 12.4. The Balaban J connectivity index is 1.97. The van der Waals surface area contributed by atoms with E-state index in [2.05, 4.69) is 10.6 Å². The summed E-state index contributed by atoms with van der Waals surface area (Å²) in [5.74, 6) is 0.794. The van der Waals surface area contributed by atoms with Crippen LogP contribution in [0.15, 0.2) is 54.2 Å². The molecule has 2 heterocycles. The number of carbonyl (C=O) groups excluding carboxylic acids is 1. The number of ether oxygens (including phenoxy) is 4. The van der Waals surface area contributed by atoms with Gasteiger partial charge in [-0.3, -0.25) is 4.79 Å². The molecule has 0 amide bonds. The molecule has 1 aliphatic rings. The van der Waals surface area contributed by atoms with Crippen molar-refractivity contribution in [2.75, 3.05) is 21.3 Å². The summed E-state index contributed by atoms with van der Waals surface area (Å²) in [5.41, 5.74) is 5.58. The fraction of sp³-hybridized carbons (Fsp3) is 0.296. The third-order valence-corrected chi connectivity index (χ3v) is 6.02. The number of methoxy groups -OCH3 is 3. The number of carbonyl (C=O) groups is 1. The summed E-state index contributed by atoms with van der Waals surface area (Å²) in [7, 11) is 4.57. The molecule has 3 aromatic rings. The first kappa shape index (κ1) is 23.9. The summed E-state index contributed by atoms with van der Waals surface area (Å²) in [6.07, 6.45) is 3.06. The van der Waals surface area contributed by atoms with Crippen molar-refractivity contribution in [3.8, 4) is 17.2 Å².